The second-order valence-corrected chi connectivity index (χ2v) is 5.30. The van der Waals surface area contributed by atoms with Gasteiger partial charge in [0.1, 0.15) is 0 Å². The first kappa shape index (κ1) is 16.2. The summed E-state index contributed by atoms with van der Waals surface area (Å²) in [4.78, 5) is 27.9. The normalized spacial score (nSPS) is 18.8. The van der Waals surface area contributed by atoms with E-state index in [1.54, 1.807) is 6.07 Å². The highest BCUT2D eigenvalue weighted by Gasteiger charge is 2.23. The van der Waals surface area contributed by atoms with Gasteiger partial charge < -0.3 is 15.2 Å². The van der Waals surface area contributed by atoms with Crippen molar-refractivity contribution in [2.24, 2.45) is 0 Å². The Morgan fingerprint density at radius 1 is 1.58 bits per heavy atom. The second kappa shape index (κ2) is 7.07. The van der Waals surface area contributed by atoms with Crippen LogP contribution in [0.2, 0.25) is 0 Å². The molecule has 1 aliphatic rings. The molecule has 2 rings (SSSR count). The van der Waals surface area contributed by atoms with E-state index in [1.165, 1.54) is 6.20 Å². The van der Waals surface area contributed by atoms with Crippen LogP contribution in [-0.4, -0.2) is 42.0 Å². The molecule has 1 aliphatic heterocycles. The minimum atomic E-state index is -0.224. The zero-order chi connectivity index (χ0) is 13.1. The summed E-state index contributed by atoms with van der Waals surface area (Å²) in [6.45, 7) is 1.49. The van der Waals surface area contributed by atoms with E-state index in [0.29, 0.717) is 22.6 Å². The quantitative estimate of drug-likeness (QED) is 0.847. The lowest BCUT2D eigenvalue weighted by molar-refractivity contribution is 0.0697. The number of pyridine rings is 1. The number of hydrogen-bond donors (Lipinski definition) is 2. The third-order valence-electron chi connectivity index (χ3n) is 3.22. The van der Waals surface area contributed by atoms with Gasteiger partial charge in [-0.2, -0.15) is 0 Å². The molecular weight excluding hydrogens is 334 g/mol. The lowest BCUT2D eigenvalue weighted by Gasteiger charge is -2.32. The highest BCUT2D eigenvalue weighted by atomic mass is 79.9. The molecule has 1 aromatic heterocycles. The number of nitrogens with zero attached hydrogens (tertiary/aromatic N) is 1. The van der Waals surface area contributed by atoms with Crippen LogP contribution >= 0.6 is 28.3 Å². The first-order valence-electron chi connectivity index (χ1n) is 5.96. The summed E-state index contributed by atoms with van der Waals surface area (Å²) in [7, 11) is 1.91. The Labute approximate surface area is 126 Å². The minimum absolute atomic E-state index is 0. The van der Waals surface area contributed by atoms with E-state index < -0.39 is 0 Å². The lowest BCUT2D eigenvalue weighted by Crippen LogP contribution is -2.47. The fraction of sp³-hybridized carbons (Fsp3) is 0.500. The largest absolute Gasteiger partial charge is 0.337 e. The molecule has 1 fully saturated rings. The summed E-state index contributed by atoms with van der Waals surface area (Å²) >= 11 is 3.14. The number of halogens is 2. The number of aromatic amines is 1. The number of carbonyl (C=O) groups is 1. The van der Waals surface area contributed by atoms with Crippen LogP contribution in [-0.2, 0) is 0 Å². The summed E-state index contributed by atoms with van der Waals surface area (Å²) in [6.07, 6.45) is 3.57. The molecule has 0 aliphatic carbocycles. The number of amides is 1. The third-order valence-corrected chi connectivity index (χ3v) is 3.81. The number of likely N-dealkylation sites (tertiary alicyclic amines) is 1. The van der Waals surface area contributed by atoms with Crippen molar-refractivity contribution in [1.29, 1.82) is 0 Å². The van der Waals surface area contributed by atoms with E-state index >= 15 is 0 Å². The molecule has 0 saturated carbocycles. The zero-order valence-corrected chi connectivity index (χ0v) is 13.0. The van der Waals surface area contributed by atoms with Crippen molar-refractivity contribution in [3.8, 4) is 0 Å². The number of nitrogens with one attached hydrogen (secondary N) is 2. The predicted octanol–water partition coefficient (Wildman–Crippen LogP) is 1.38. The topological polar surface area (TPSA) is 65.2 Å². The molecule has 0 spiro atoms. The van der Waals surface area contributed by atoms with E-state index in [4.69, 9.17) is 0 Å². The smallest absolute Gasteiger partial charge is 0.262 e. The molecule has 7 heteroatoms. The fourth-order valence-electron chi connectivity index (χ4n) is 2.16. The Balaban J connectivity index is 0.00000180. The van der Waals surface area contributed by atoms with Gasteiger partial charge in [0.2, 0.25) is 0 Å². The summed E-state index contributed by atoms with van der Waals surface area (Å²) in [5, 5.41) is 3.20. The molecule has 0 aromatic carbocycles. The molecule has 1 aromatic rings. The maximum atomic E-state index is 12.3. The SMILES string of the molecule is CNC1CCCN(C(=O)c2c[nH]c(=O)c(Br)c2)C1.Cl. The Bertz CT molecular complexity index is 506. The van der Waals surface area contributed by atoms with E-state index in [1.807, 2.05) is 11.9 Å². The van der Waals surface area contributed by atoms with Crippen molar-refractivity contribution in [2.75, 3.05) is 20.1 Å². The highest BCUT2D eigenvalue weighted by Crippen LogP contribution is 2.14. The van der Waals surface area contributed by atoms with Crippen molar-refractivity contribution in [2.45, 2.75) is 18.9 Å². The summed E-state index contributed by atoms with van der Waals surface area (Å²) in [5.74, 6) is -0.0353. The molecule has 2 heterocycles. The van der Waals surface area contributed by atoms with E-state index in [2.05, 4.69) is 26.2 Å². The van der Waals surface area contributed by atoms with Gasteiger partial charge in [-0.3, -0.25) is 9.59 Å². The van der Waals surface area contributed by atoms with Gasteiger partial charge in [-0.1, -0.05) is 0 Å². The van der Waals surface area contributed by atoms with Gasteiger partial charge in [0.25, 0.3) is 11.5 Å². The van der Waals surface area contributed by atoms with Gasteiger partial charge in [0.05, 0.1) is 10.0 Å². The highest BCUT2D eigenvalue weighted by molar-refractivity contribution is 9.10. The molecule has 1 atom stereocenters. The van der Waals surface area contributed by atoms with Crippen LogP contribution in [0.5, 0.6) is 0 Å². The standard InChI is InChI=1S/C12H16BrN3O2.ClH/c1-14-9-3-2-4-16(7-9)12(18)8-5-10(13)11(17)15-6-8;/h5-6,9,14H,2-4,7H2,1H3,(H,15,17);1H. The summed E-state index contributed by atoms with van der Waals surface area (Å²) < 4.78 is 0.385. The Morgan fingerprint density at radius 3 is 2.95 bits per heavy atom. The Kier molecular flexibility index (Phi) is 6.03. The molecule has 1 saturated heterocycles. The summed E-state index contributed by atoms with van der Waals surface area (Å²) in [5.41, 5.74) is 0.288. The van der Waals surface area contributed by atoms with Crippen molar-refractivity contribution in [3.63, 3.8) is 0 Å². The number of aromatic nitrogens is 1. The number of likely N-dealkylation sites (N-methyl/N-ethyl adjacent to an activating group) is 1. The van der Waals surface area contributed by atoms with Crippen LogP contribution < -0.4 is 10.9 Å². The van der Waals surface area contributed by atoms with Crippen molar-refractivity contribution < 1.29 is 4.79 Å². The van der Waals surface area contributed by atoms with Crippen LogP contribution in [0, 0.1) is 0 Å². The minimum Gasteiger partial charge on any atom is -0.337 e. The fourth-order valence-corrected chi connectivity index (χ4v) is 2.52. The first-order valence-corrected chi connectivity index (χ1v) is 6.76. The van der Waals surface area contributed by atoms with Gasteiger partial charge in [0, 0.05) is 25.3 Å². The van der Waals surface area contributed by atoms with Crippen LogP contribution in [0.25, 0.3) is 0 Å². The Hall–Kier alpha value is -0.850. The average Bonchev–Trinajstić information content (AvgIpc) is 2.41. The second-order valence-electron chi connectivity index (χ2n) is 4.44. The number of carbonyl (C=O) groups excluding carboxylic acids is 1. The number of H-pyrrole nitrogens is 1. The number of rotatable bonds is 2. The van der Waals surface area contributed by atoms with Crippen LogP contribution in [0.3, 0.4) is 0 Å². The molecule has 0 radical (unpaired) electrons. The van der Waals surface area contributed by atoms with Crippen molar-refractivity contribution in [1.82, 2.24) is 15.2 Å². The van der Waals surface area contributed by atoms with E-state index in [0.717, 1.165) is 19.4 Å². The van der Waals surface area contributed by atoms with Gasteiger partial charge in [0.15, 0.2) is 0 Å². The Morgan fingerprint density at radius 2 is 2.32 bits per heavy atom. The molecule has 5 nitrogen and oxygen atoms in total. The van der Waals surface area contributed by atoms with Gasteiger partial charge in [-0.25, -0.2) is 0 Å². The molecule has 1 amide bonds. The van der Waals surface area contributed by atoms with E-state index in [9.17, 15) is 9.59 Å². The van der Waals surface area contributed by atoms with Crippen LogP contribution in [0.1, 0.15) is 23.2 Å². The monoisotopic (exact) mass is 349 g/mol. The molecule has 19 heavy (non-hydrogen) atoms. The maximum Gasteiger partial charge on any atom is 0.262 e. The predicted molar refractivity (Wildman–Crippen MR) is 80.0 cm³/mol. The summed E-state index contributed by atoms with van der Waals surface area (Å²) in [6, 6.07) is 1.93. The van der Waals surface area contributed by atoms with Crippen LogP contribution in [0.15, 0.2) is 21.5 Å². The zero-order valence-electron chi connectivity index (χ0n) is 10.6. The maximum absolute atomic E-state index is 12.3. The number of piperidine rings is 1. The first-order chi connectivity index (χ1) is 8.61. The van der Waals surface area contributed by atoms with Crippen LogP contribution in [0.4, 0.5) is 0 Å². The van der Waals surface area contributed by atoms with Gasteiger partial charge >= 0.3 is 0 Å². The van der Waals surface area contributed by atoms with Gasteiger partial charge in [-0.05, 0) is 41.9 Å². The number of hydrogen-bond acceptors (Lipinski definition) is 3. The molecule has 1 unspecified atom stereocenters. The van der Waals surface area contributed by atoms with E-state index in [-0.39, 0.29) is 23.9 Å². The van der Waals surface area contributed by atoms with Crippen molar-refractivity contribution in [3.05, 3.63) is 32.7 Å². The third kappa shape index (κ3) is 3.81. The van der Waals surface area contributed by atoms with Gasteiger partial charge in [-0.15, -0.1) is 12.4 Å². The molecule has 0 bridgehead atoms. The molecule has 2 N–H and O–H groups in total. The van der Waals surface area contributed by atoms with Crippen molar-refractivity contribution >= 4 is 34.2 Å². The lowest BCUT2D eigenvalue weighted by atomic mass is 10.1. The molecule has 106 valence electrons. The molecular formula is C12H17BrClN3O2. The average molecular weight is 351 g/mol.